The van der Waals surface area contributed by atoms with Gasteiger partial charge in [-0.15, -0.1) is 0 Å². The zero-order chi connectivity index (χ0) is 52.9. The van der Waals surface area contributed by atoms with E-state index in [2.05, 4.69) is 55.6 Å². The summed E-state index contributed by atoms with van der Waals surface area (Å²) in [5, 5.41) is 23.4. The van der Waals surface area contributed by atoms with Gasteiger partial charge in [0.15, 0.2) is 0 Å². The topological polar surface area (TPSA) is 95.9 Å². The van der Waals surface area contributed by atoms with Crippen LogP contribution in [0.4, 0.5) is 0 Å². The fourth-order valence-corrected chi connectivity index (χ4v) is 10.1. The van der Waals surface area contributed by atoms with Crippen LogP contribution in [0.15, 0.2) is 36.5 Å². The Labute approximate surface area is 455 Å². The SMILES string of the molecule is CCCC/C=C\CCCCCCCC(=O)OCCCCCCCCCCC/C=C\C/C=C\CCCCCCCCCCCCCC(=O)NC(CO)C(O)CCCCCCCCCCCCCCCCCCCC. The minimum Gasteiger partial charge on any atom is -0.466 e. The molecule has 0 aromatic carbocycles. The van der Waals surface area contributed by atoms with E-state index in [0.717, 1.165) is 51.4 Å². The highest BCUT2D eigenvalue weighted by molar-refractivity contribution is 5.76. The van der Waals surface area contributed by atoms with E-state index in [4.69, 9.17) is 4.74 Å². The molecule has 2 atom stereocenters. The second-order valence-electron chi connectivity index (χ2n) is 22.4. The number of aliphatic hydroxyl groups is 2. The van der Waals surface area contributed by atoms with Crippen LogP contribution in [-0.4, -0.2) is 47.4 Å². The maximum atomic E-state index is 12.5. The number of rotatable bonds is 61. The maximum absolute atomic E-state index is 12.5. The quantitative estimate of drug-likeness (QED) is 0.0320. The van der Waals surface area contributed by atoms with Crippen molar-refractivity contribution in [2.75, 3.05) is 13.2 Å². The first kappa shape index (κ1) is 71.1. The van der Waals surface area contributed by atoms with E-state index < -0.39 is 12.1 Å². The Morgan fingerprint density at radius 3 is 1.10 bits per heavy atom. The third kappa shape index (κ3) is 59.2. The first-order chi connectivity index (χ1) is 36.0. The van der Waals surface area contributed by atoms with Crippen LogP contribution < -0.4 is 5.32 Å². The van der Waals surface area contributed by atoms with Crippen molar-refractivity contribution in [2.24, 2.45) is 0 Å². The van der Waals surface area contributed by atoms with Crippen molar-refractivity contribution >= 4 is 11.9 Å². The summed E-state index contributed by atoms with van der Waals surface area (Å²) in [5.74, 6) is -0.0358. The standard InChI is InChI=1S/C67H127NO5/c1-3-5-7-9-11-13-15-16-17-18-30-33-36-40-43-47-51-55-59-65(70)64(63-69)68-66(71)60-56-52-48-44-41-37-34-31-28-26-24-22-20-19-21-23-25-27-29-32-35-38-42-46-50-54-58-62-73-67(72)61-57-53-49-45-39-14-12-10-8-6-4-2/h10,12,19-20,23,25,64-65,69-70H,3-9,11,13-18,21-22,24,26-63H2,1-2H3,(H,68,71)/b12-10-,20-19-,25-23-. The van der Waals surface area contributed by atoms with Gasteiger partial charge < -0.3 is 20.3 Å². The van der Waals surface area contributed by atoms with Gasteiger partial charge in [0.25, 0.3) is 0 Å². The predicted molar refractivity (Wildman–Crippen MR) is 319 cm³/mol. The molecule has 0 aromatic rings. The second-order valence-corrected chi connectivity index (χ2v) is 22.4. The van der Waals surface area contributed by atoms with Gasteiger partial charge in [-0.1, -0.05) is 301 Å². The normalized spacial score (nSPS) is 12.8. The minimum absolute atomic E-state index is 0.000366. The number of nitrogens with one attached hydrogen (secondary N) is 1. The molecule has 0 fully saturated rings. The smallest absolute Gasteiger partial charge is 0.305 e. The van der Waals surface area contributed by atoms with Crippen molar-refractivity contribution in [1.29, 1.82) is 0 Å². The zero-order valence-electron chi connectivity index (χ0n) is 49.1. The largest absolute Gasteiger partial charge is 0.466 e. The highest BCUT2D eigenvalue weighted by atomic mass is 16.5. The van der Waals surface area contributed by atoms with Crippen LogP contribution in [0.5, 0.6) is 0 Å². The Kier molecular flexibility index (Phi) is 61.0. The lowest BCUT2D eigenvalue weighted by Crippen LogP contribution is -2.45. The lowest BCUT2D eigenvalue weighted by molar-refractivity contribution is -0.143. The average molecular weight is 1030 g/mol. The van der Waals surface area contributed by atoms with E-state index in [0.29, 0.717) is 25.9 Å². The molecule has 0 radical (unpaired) electrons. The number of amides is 1. The van der Waals surface area contributed by atoms with Crippen molar-refractivity contribution in [3.8, 4) is 0 Å². The third-order valence-corrected chi connectivity index (χ3v) is 15.2. The Morgan fingerprint density at radius 1 is 0.384 bits per heavy atom. The van der Waals surface area contributed by atoms with Gasteiger partial charge in [0, 0.05) is 12.8 Å². The molecule has 0 rings (SSSR count). The van der Waals surface area contributed by atoms with E-state index >= 15 is 0 Å². The van der Waals surface area contributed by atoms with Crippen LogP contribution in [-0.2, 0) is 14.3 Å². The molecular weight excluding hydrogens is 899 g/mol. The molecule has 0 aliphatic carbocycles. The monoisotopic (exact) mass is 1030 g/mol. The summed E-state index contributed by atoms with van der Waals surface area (Å²) >= 11 is 0. The molecule has 0 bridgehead atoms. The van der Waals surface area contributed by atoms with Crippen LogP contribution in [0.2, 0.25) is 0 Å². The molecule has 73 heavy (non-hydrogen) atoms. The van der Waals surface area contributed by atoms with Crippen LogP contribution in [0.3, 0.4) is 0 Å². The summed E-state index contributed by atoms with van der Waals surface area (Å²) in [5.41, 5.74) is 0. The van der Waals surface area contributed by atoms with Gasteiger partial charge in [-0.3, -0.25) is 9.59 Å². The Bertz CT molecular complexity index is 1180. The summed E-state index contributed by atoms with van der Waals surface area (Å²) in [6.07, 6.45) is 78.8. The Balaban J connectivity index is 3.43. The number of hydrogen-bond donors (Lipinski definition) is 3. The van der Waals surface area contributed by atoms with Crippen LogP contribution in [0.1, 0.15) is 354 Å². The van der Waals surface area contributed by atoms with Crippen LogP contribution in [0.25, 0.3) is 0 Å². The van der Waals surface area contributed by atoms with Crippen molar-refractivity contribution in [2.45, 2.75) is 366 Å². The maximum Gasteiger partial charge on any atom is 0.305 e. The Morgan fingerprint density at radius 2 is 0.699 bits per heavy atom. The molecule has 0 saturated carbocycles. The fraction of sp³-hybridized carbons (Fsp3) is 0.881. The second kappa shape index (κ2) is 62.6. The van der Waals surface area contributed by atoms with Crippen LogP contribution >= 0.6 is 0 Å². The molecule has 0 aliphatic heterocycles. The van der Waals surface area contributed by atoms with E-state index in [9.17, 15) is 19.8 Å². The van der Waals surface area contributed by atoms with E-state index in [1.807, 2.05) is 0 Å². The van der Waals surface area contributed by atoms with Crippen LogP contribution in [0, 0.1) is 0 Å². The molecule has 0 spiro atoms. The van der Waals surface area contributed by atoms with Gasteiger partial charge >= 0.3 is 5.97 Å². The summed E-state index contributed by atoms with van der Waals surface area (Å²) in [6.45, 7) is 4.93. The number of aliphatic hydroxyl groups excluding tert-OH is 2. The third-order valence-electron chi connectivity index (χ3n) is 15.2. The molecule has 6 heteroatoms. The summed E-state index contributed by atoms with van der Waals surface area (Å²) in [4.78, 5) is 24.5. The summed E-state index contributed by atoms with van der Waals surface area (Å²) in [7, 11) is 0. The molecule has 1 amide bonds. The summed E-state index contributed by atoms with van der Waals surface area (Å²) < 4.78 is 5.46. The number of esters is 1. The number of carbonyl (C=O) groups is 2. The molecule has 2 unspecified atom stereocenters. The number of ether oxygens (including phenoxy) is 1. The summed E-state index contributed by atoms with van der Waals surface area (Å²) in [6, 6.07) is -0.545. The lowest BCUT2D eigenvalue weighted by Gasteiger charge is -2.22. The van der Waals surface area contributed by atoms with Gasteiger partial charge in [-0.25, -0.2) is 0 Å². The molecule has 0 heterocycles. The molecule has 0 aliphatic rings. The van der Waals surface area contributed by atoms with Gasteiger partial charge in [-0.2, -0.15) is 0 Å². The average Bonchev–Trinajstić information content (AvgIpc) is 3.39. The van der Waals surface area contributed by atoms with Crippen molar-refractivity contribution < 1.29 is 24.5 Å². The first-order valence-corrected chi connectivity index (χ1v) is 32.7. The molecular formula is C67H127NO5. The minimum atomic E-state index is -0.667. The lowest BCUT2D eigenvalue weighted by atomic mass is 10.0. The van der Waals surface area contributed by atoms with Crippen molar-refractivity contribution in [3.05, 3.63) is 36.5 Å². The highest BCUT2D eigenvalue weighted by Gasteiger charge is 2.20. The number of allylic oxidation sites excluding steroid dienone is 6. The van der Waals surface area contributed by atoms with Gasteiger partial charge in [0.05, 0.1) is 25.4 Å². The zero-order valence-corrected chi connectivity index (χ0v) is 49.1. The number of unbranched alkanes of at least 4 members (excludes halogenated alkanes) is 44. The predicted octanol–water partition coefficient (Wildman–Crippen LogP) is 20.8. The van der Waals surface area contributed by atoms with Crippen molar-refractivity contribution in [1.82, 2.24) is 5.32 Å². The number of hydrogen-bond acceptors (Lipinski definition) is 5. The molecule has 0 aromatic heterocycles. The highest BCUT2D eigenvalue weighted by Crippen LogP contribution is 2.18. The molecule has 430 valence electrons. The molecule has 3 N–H and O–H groups in total. The first-order valence-electron chi connectivity index (χ1n) is 32.7. The molecule has 6 nitrogen and oxygen atoms in total. The van der Waals surface area contributed by atoms with Gasteiger partial charge in [-0.05, 0) is 77.0 Å². The molecule has 0 saturated heterocycles. The van der Waals surface area contributed by atoms with E-state index in [-0.39, 0.29) is 18.5 Å². The number of carbonyl (C=O) groups excluding carboxylic acids is 2. The van der Waals surface area contributed by atoms with Gasteiger partial charge in [0.1, 0.15) is 0 Å². The van der Waals surface area contributed by atoms with E-state index in [1.165, 1.54) is 270 Å². The Hall–Kier alpha value is -1.92. The van der Waals surface area contributed by atoms with Gasteiger partial charge in [0.2, 0.25) is 5.91 Å². The van der Waals surface area contributed by atoms with E-state index in [1.54, 1.807) is 0 Å². The van der Waals surface area contributed by atoms with Crippen molar-refractivity contribution in [3.63, 3.8) is 0 Å². The fourth-order valence-electron chi connectivity index (χ4n) is 10.1.